The van der Waals surface area contributed by atoms with Crippen molar-refractivity contribution >= 4 is 5.91 Å². The van der Waals surface area contributed by atoms with Crippen molar-refractivity contribution in [3.8, 4) is 0 Å². The maximum Gasteiger partial charge on any atom is 0.220 e. The fourth-order valence-electron chi connectivity index (χ4n) is 1.61. The molecule has 0 bridgehead atoms. The average molecular weight is 198 g/mol. The molecule has 1 saturated carbocycles. The van der Waals surface area contributed by atoms with Gasteiger partial charge in [0.05, 0.1) is 0 Å². The second kappa shape index (κ2) is 5.35. The van der Waals surface area contributed by atoms with Crippen molar-refractivity contribution in [1.82, 2.24) is 5.32 Å². The molecule has 0 aromatic rings. The Morgan fingerprint density at radius 1 is 1.57 bits per heavy atom. The lowest BCUT2D eigenvalue weighted by molar-refractivity contribution is -0.121. The Bertz CT molecular complexity index is 194. The third-order valence-corrected chi connectivity index (χ3v) is 2.98. The second-order valence-electron chi connectivity index (χ2n) is 4.61. The van der Waals surface area contributed by atoms with Gasteiger partial charge in [0.2, 0.25) is 5.91 Å². The van der Waals surface area contributed by atoms with E-state index in [1.54, 1.807) is 0 Å². The molecular weight excluding hydrogens is 176 g/mol. The van der Waals surface area contributed by atoms with Crippen LogP contribution in [-0.2, 0) is 4.79 Å². The molecule has 0 spiro atoms. The van der Waals surface area contributed by atoms with Gasteiger partial charge in [-0.25, -0.2) is 0 Å². The molecule has 1 aliphatic rings. The summed E-state index contributed by atoms with van der Waals surface area (Å²) < 4.78 is 0. The molecule has 3 nitrogen and oxygen atoms in total. The maximum atomic E-state index is 11.4. The molecule has 3 N–H and O–H groups in total. The van der Waals surface area contributed by atoms with Crippen molar-refractivity contribution in [2.75, 3.05) is 6.54 Å². The minimum Gasteiger partial charge on any atom is -0.353 e. The quantitative estimate of drug-likeness (QED) is 0.675. The van der Waals surface area contributed by atoms with Gasteiger partial charge >= 0.3 is 0 Å². The van der Waals surface area contributed by atoms with Crippen molar-refractivity contribution < 1.29 is 4.79 Å². The maximum absolute atomic E-state index is 11.4. The van der Waals surface area contributed by atoms with Crippen LogP contribution < -0.4 is 11.1 Å². The van der Waals surface area contributed by atoms with E-state index in [0.29, 0.717) is 24.3 Å². The van der Waals surface area contributed by atoms with Gasteiger partial charge in [-0.15, -0.1) is 0 Å². The first-order valence-corrected chi connectivity index (χ1v) is 5.63. The van der Waals surface area contributed by atoms with Gasteiger partial charge in [-0.05, 0) is 37.6 Å². The smallest absolute Gasteiger partial charge is 0.220 e. The fourth-order valence-corrected chi connectivity index (χ4v) is 1.61. The molecular formula is C11H22N2O. The molecule has 1 rings (SSSR count). The van der Waals surface area contributed by atoms with Crippen molar-refractivity contribution in [2.24, 2.45) is 17.6 Å². The number of carbonyl (C=O) groups is 1. The molecule has 82 valence electrons. The monoisotopic (exact) mass is 198 g/mol. The number of hydrogen-bond acceptors (Lipinski definition) is 2. The minimum absolute atomic E-state index is 0.211. The number of hydrogen-bond donors (Lipinski definition) is 2. The molecule has 3 atom stereocenters. The summed E-state index contributed by atoms with van der Waals surface area (Å²) in [5.74, 6) is 1.48. The van der Waals surface area contributed by atoms with Crippen LogP contribution in [0.15, 0.2) is 0 Å². The van der Waals surface area contributed by atoms with E-state index in [-0.39, 0.29) is 5.91 Å². The summed E-state index contributed by atoms with van der Waals surface area (Å²) in [6.07, 6.45) is 3.80. The van der Waals surface area contributed by atoms with Gasteiger partial charge in [-0.2, -0.15) is 0 Å². The van der Waals surface area contributed by atoms with E-state index >= 15 is 0 Å². The molecule has 0 aliphatic heterocycles. The molecule has 0 heterocycles. The predicted octanol–water partition coefficient (Wildman–Crippen LogP) is 1.28. The Kier molecular flexibility index (Phi) is 4.39. The number of nitrogens with one attached hydrogen (secondary N) is 1. The summed E-state index contributed by atoms with van der Waals surface area (Å²) in [5, 5.41) is 3.03. The highest BCUT2D eigenvalue weighted by Crippen LogP contribution is 2.29. The van der Waals surface area contributed by atoms with Crippen LogP contribution in [0.25, 0.3) is 0 Å². The van der Waals surface area contributed by atoms with E-state index < -0.39 is 0 Å². The van der Waals surface area contributed by atoms with E-state index in [1.165, 1.54) is 0 Å². The molecule has 0 saturated heterocycles. The Morgan fingerprint density at radius 2 is 2.21 bits per heavy atom. The van der Waals surface area contributed by atoms with E-state index in [0.717, 1.165) is 25.8 Å². The lowest BCUT2D eigenvalue weighted by atomic mass is 10.0. The van der Waals surface area contributed by atoms with Gasteiger partial charge in [-0.1, -0.05) is 13.8 Å². The standard InChI is InChI=1S/C11H22N2O/c1-8(5-6-12)3-4-11(14)13-10-7-9(10)2/h8-10H,3-7,12H2,1-2H3,(H,13,14). The molecule has 1 fully saturated rings. The average Bonchev–Trinajstić information content (AvgIpc) is 2.79. The molecule has 1 amide bonds. The zero-order chi connectivity index (χ0) is 10.6. The van der Waals surface area contributed by atoms with Crippen LogP contribution >= 0.6 is 0 Å². The summed E-state index contributed by atoms with van der Waals surface area (Å²) >= 11 is 0. The van der Waals surface area contributed by atoms with Gasteiger partial charge in [-0.3, -0.25) is 4.79 Å². The Balaban J connectivity index is 2.02. The fraction of sp³-hybridized carbons (Fsp3) is 0.909. The Morgan fingerprint density at radius 3 is 2.71 bits per heavy atom. The van der Waals surface area contributed by atoms with Crippen molar-refractivity contribution in [1.29, 1.82) is 0 Å². The summed E-state index contributed by atoms with van der Waals surface area (Å²) in [5.41, 5.74) is 5.44. The van der Waals surface area contributed by atoms with Gasteiger partial charge in [0, 0.05) is 12.5 Å². The minimum atomic E-state index is 0.211. The van der Waals surface area contributed by atoms with Gasteiger partial charge in [0.15, 0.2) is 0 Å². The molecule has 0 aromatic heterocycles. The molecule has 3 heteroatoms. The Labute approximate surface area is 86.4 Å². The number of rotatable bonds is 6. The molecule has 0 radical (unpaired) electrons. The number of nitrogens with two attached hydrogens (primary N) is 1. The summed E-state index contributed by atoms with van der Waals surface area (Å²) in [6.45, 7) is 5.05. The van der Waals surface area contributed by atoms with Crippen molar-refractivity contribution in [3.05, 3.63) is 0 Å². The van der Waals surface area contributed by atoms with Crippen LogP contribution in [0.5, 0.6) is 0 Å². The van der Waals surface area contributed by atoms with E-state index in [4.69, 9.17) is 5.73 Å². The van der Waals surface area contributed by atoms with Crippen LogP contribution in [-0.4, -0.2) is 18.5 Å². The molecule has 0 aromatic carbocycles. The highest BCUT2D eigenvalue weighted by Gasteiger charge is 2.33. The van der Waals surface area contributed by atoms with E-state index in [9.17, 15) is 4.79 Å². The highest BCUT2D eigenvalue weighted by atomic mass is 16.1. The highest BCUT2D eigenvalue weighted by molar-refractivity contribution is 5.76. The van der Waals surface area contributed by atoms with Gasteiger partial charge in [0.1, 0.15) is 0 Å². The topological polar surface area (TPSA) is 55.1 Å². The number of carbonyl (C=O) groups excluding carboxylic acids is 1. The third kappa shape index (κ3) is 4.09. The first-order chi connectivity index (χ1) is 6.63. The lowest BCUT2D eigenvalue weighted by Crippen LogP contribution is -2.26. The molecule has 14 heavy (non-hydrogen) atoms. The largest absolute Gasteiger partial charge is 0.353 e. The second-order valence-corrected chi connectivity index (χ2v) is 4.61. The first-order valence-electron chi connectivity index (χ1n) is 5.63. The molecule has 3 unspecified atom stereocenters. The first kappa shape index (κ1) is 11.5. The zero-order valence-corrected chi connectivity index (χ0v) is 9.25. The van der Waals surface area contributed by atoms with Crippen LogP contribution in [0, 0.1) is 11.8 Å². The van der Waals surface area contributed by atoms with E-state index in [2.05, 4.69) is 19.2 Å². The summed E-state index contributed by atoms with van der Waals surface area (Å²) in [6, 6.07) is 0.465. The van der Waals surface area contributed by atoms with E-state index in [1.807, 2.05) is 0 Å². The zero-order valence-electron chi connectivity index (χ0n) is 9.25. The van der Waals surface area contributed by atoms with Crippen molar-refractivity contribution in [3.63, 3.8) is 0 Å². The normalized spacial score (nSPS) is 27.1. The Hall–Kier alpha value is -0.570. The summed E-state index contributed by atoms with van der Waals surface area (Å²) in [7, 11) is 0. The van der Waals surface area contributed by atoms with Crippen LogP contribution in [0.2, 0.25) is 0 Å². The van der Waals surface area contributed by atoms with Crippen LogP contribution in [0.1, 0.15) is 39.5 Å². The van der Waals surface area contributed by atoms with Crippen molar-refractivity contribution in [2.45, 2.75) is 45.6 Å². The van der Waals surface area contributed by atoms with Crippen LogP contribution in [0.3, 0.4) is 0 Å². The third-order valence-electron chi connectivity index (χ3n) is 2.98. The summed E-state index contributed by atoms with van der Waals surface area (Å²) in [4.78, 5) is 11.4. The lowest BCUT2D eigenvalue weighted by Gasteiger charge is -2.09. The van der Waals surface area contributed by atoms with Gasteiger partial charge < -0.3 is 11.1 Å². The van der Waals surface area contributed by atoms with Crippen LogP contribution in [0.4, 0.5) is 0 Å². The van der Waals surface area contributed by atoms with Gasteiger partial charge in [0.25, 0.3) is 0 Å². The SMILES string of the molecule is CC(CCN)CCC(=O)NC1CC1C. The molecule has 1 aliphatic carbocycles. The number of amides is 1. The predicted molar refractivity (Wildman–Crippen MR) is 57.8 cm³/mol.